The van der Waals surface area contributed by atoms with Crippen LogP contribution >= 0.6 is 0 Å². The predicted molar refractivity (Wildman–Crippen MR) is 99.4 cm³/mol. The molecule has 0 saturated carbocycles. The second kappa shape index (κ2) is 9.26. The largest absolute Gasteiger partial charge is 0.396 e. The van der Waals surface area contributed by atoms with Gasteiger partial charge in [0.25, 0.3) is 0 Å². The summed E-state index contributed by atoms with van der Waals surface area (Å²) in [5.41, 5.74) is 2.11. The molecule has 0 aromatic heterocycles. The average Bonchev–Trinajstić information content (AvgIpc) is 2.66. The van der Waals surface area contributed by atoms with Crippen molar-refractivity contribution in [2.45, 2.75) is 43.9 Å². The lowest BCUT2D eigenvalue weighted by molar-refractivity contribution is -0.170. The zero-order chi connectivity index (χ0) is 18.4. The van der Waals surface area contributed by atoms with Gasteiger partial charge in [0.15, 0.2) is 0 Å². The SMILES string of the molecule is OCC[C@H]1[C@@H](O)[C@H](OCc2ccccc2)[C@@H](O)CN1Cc1ccccc1. The Morgan fingerprint density at radius 3 is 2.15 bits per heavy atom. The first-order chi connectivity index (χ1) is 12.7. The van der Waals surface area contributed by atoms with E-state index in [1.807, 2.05) is 65.6 Å². The first-order valence-electron chi connectivity index (χ1n) is 9.09. The molecule has 1 saturated heterocycles. The Morgan fingerprint density at radius 2 is 1.54 bits per heavy atom. The van der Waals surface area contributed by atoms with E-state index in [0.29, 0.717) is 26.1 Å². The quantitative estimate of drug-likeness (QED) is 0.701. The fourth-order valence-electron chi connectivity index (χ4n) is 3.60. The molecule has 0 unspecified atom stereocenters. The fraction of sp³-hybridized carbons (Fsp3) is 0.429. The lowest BCUT2D eigenvalue weighted by atomic mass is 9.91. The molecule has 5 nitrogen and oxygen atoms in total. The van der Waals surface area contributed by atoms with Crippen molar-refractivity contribution in [3.8, 4) is 0 Å². The number of β-amino-alcohol motifs (C(OH)–C–C–N with tert-alkyl or cyclic N) is 1. The number of piperidine rings is 1. The van der Waals surface area contributed by atoms with Gasteiger partial charge in [-0.1, -0.05) is 60.7 Å². The molecular weight excluding hydrogens is 330 g/mol. The molecule has 1 fully saturated rings. The van der Waals surface area contributed by atoms with Gasteiger partial charge in [0, 0.05) is 25.7 Å². The molecule has 3 rings (SSSR count). The molecule has 2 aromatic rings. The standard InChI is InChI=1S/C21H27NO4/c23-12-11-18-20(25)21(26-15-17-9-5-2-6-10-17)19(24)14-22(18)13-16-7-3-1-4-8-16/h1-10,18-21,23-25H,11-15H2/t18-,19-,20+,21+/m0/s1. The van der Waals surface area contributed by atoms with Crippen LogP contribution in [0.4, 0.5) is 0 Å². The summed E-state index contributed by atoms with van der Waals surface area (Å²) in [6, 6.07) is 19.4. The third-order valence-electron chi connectivity index (χ3n) is 4.94. The van der Waals surface area contributed by atoms with Gasteiger partial charge in [-0.05, 0) is 17.5 Å². The van der Waals surface area contributed by atoms with Crippen molar-refractivity contribution in [3.63, 3.8) is 0 Å². The number of rotatable bonds is 7. The van der Waals surface area contributed by atoms with Crippen molar-refractivity contribution in [2.24, 2.45) is 0 Å². The second-order valence-corrected chi connectivity index (χ2v) is 6.81. The van der Waals surface area contributed by atoms with Crippen LogP contribution in [-0.2, 0) is 17.9 Å². The molecule has 0 aliphatic carbocycles. The van der Waals surface area contributed by atoms with Gasteiger partial charge < -0.3 is 20.1 Å². The third kappa shape index (κ3) is 4.69. The van der Waals surface area contributed by atoms with Crippen molar-refractivity contribution < 1.29 is 20.1 Å². The van der Waals surface area contributed by atoms with Crippen molar-refractivity contribution in [2.75, 3.05) is 13.2 Å². The lowest BCUT2D eigenvalue weighted by Crippen LogP contribution is -2.61. The molecule has 2 aromatic carbocycles. The van der Waals surface area contributed by atoms with Crippen LogP contribution in [0.3, 0.4) is 0 Å². The molecule has 5 heteroatoms. The van der Waals surface area contributed by atoms with Crippen LogP contribution in [0.5, 0.6) is 0 Å². The smallest absolute Gasteiger partial charge is 0.112 e. The van der Waals surface area contributed by atoms with E-state index in [2.05, 4.69) is 0 Å². The van der Waals surface area contributed by atoms with Gasteiger partial charge in [-0.25, -0.2) is 0 Å². The van der Waals surface area contributed by atoms with Gasteiger partial charge in [-0.3, -0.25) is 4.90 Å². The molecule has 0 spiro atoms. The first kappa shape index (κ1) is 19.0. The fourth-order valence-corrected chi connectivity index (χ4v) is 3.60. The summed E-state index contributed by atoms with van der Waals surface area (Å²) < 4.78 is 5.86. The van der Waals surface area contributed by atoms with E-state index in [4.69, 9.17) is 4.74 Å². The highest BCUT2D eigenvalue weighted by atomic mass is 16.5. The van der Waals surface area contributed by atoms with Gasteiger partial charge >= 0.3 is 0 Å². The Bertz CT molecular complexity index is 652. The highest BCUT2D eigenvalue weighted by Gasteiger charge is 2.42. The van der Waals surface area contributed by atoms with Crippen LogP contribution in [0.2, 0.25) is 0 Å². The minimum Gasteiger partial charge on any atom is -0.396 e. The van der Waals surface area contributed by atoms with Crippen LogP contribution in [0.1, 0.15) is 17.5 Å². The zero-order valence-corrected chi connectivity index (χ0v) is 14.8. The number of nitrogens with zero attached hydrogens (tertiary/aromatic N) is 1. The van der Waals surface area contributed by atoms with E-state index in [0.717, 1.165) is 11.1 Å². The Kier molecular flexibility index (Phi) is 6.77. The molecular formula is C21H27NO4. The highest BCUT2D eigenvalue weighted by Crippen LogP contribution is 2.26. The van der Waals surface area contributed by atoms with Crippen molar-refractivity contribution >= 4 is 0 Å². The van der Waals surface area contributed by atoms with Gasteiger partial charge in [-0.15, -0.1) is 0 Å². The Hall–Kier alpha value is -1.76. The van der Waals surface area contributed by atoms with Gasteiger partial charge in [-0.2, -0.15) is 0 Å². The molecule has 1 aliphatic heterocycles. The zero-order valence-electron chi connectivity index (χ0n) is 14.8. The summed E-state index contributed by atoms with van der Waals surface area (Å²) in [4.78, 5) is 2.03. The number of hydrogen-bond acceptors (Lipinski definition) is 5. The van der Waals surface area contributed by atoms with E-state index in [9.17, 15) is 15.3 Å². The molecule has 1 aliphatic rings. The van der Waals surface area contributed by atoms with Crippen LogP contribution in [0, 0.1) is 0 Å². The number of aliphatic hydroxyl groups is 3. The van der Waals surface area contributed by atoms with Gasteiger partial charge in [0.1, 0.15) is 6.10 Å². The Labute approximate surface area is 154 Å². The normalized spacial score (nSPS) is 26.7. The lowest BCUT2D eigenvalue weighted by Gasteiger charge is -2.45. The second-order valence-electron chi connectivity index (χ2n) is 6.81. The van der Waals surface area contributed by atoms with Gasteiger partial charge in [0.2, 0.25) is 0 Å². The van der Waals surface area contributed by atoms with Crippen molar-refractivity contribution in [1.29, 1.82) is 0 Å². The van der Waals surface area contributed by atoms with E-state index < -0.39 is 18.3 Å². The van der Waals surface area contributed by atoms with Crippen LogP contribution in [0.15, 0.2) is 60.7 Å². The van der Waals surface area contributed by atoms with Crippen LogP contribution in [-0.4, -0.2) is 57.7 Å². The summed E-state index contributed by atoms with van der Waals surface area (Å²) in [7, 11) is 0. The average molecular weight is 357 g/mol. The van der Waals surface area contributed by atoms with E-state index in [-0.39, 0.29) is 12.6 Å². The third-order valence-corrected chi connectivity index (χ3v) is 4.94. The molecule has 26 heavy (non-hydrogen) atoms. The molecule has 0 radical (unpaired) electrons. The van der Waals surface area contributed by atoms with Crippen molar-refractivity contribution in [1.82, 2.24) is 4.90 Å². The Balaban J connectivity index is 1.68. The molecule has 3 N–H and O–H groups in total. The summed E-state index contributed by atoms with van der Waals surface area (Å²) >= 11 is 0. The number of likely N-dealkylation sites (tertiary alicyclic amines) is 1. The maximum atomic E-state index is 10.8. The number of benzene rings is 2. The van der Waals surface area contributed by atoms with Crippen molar-refractivity contribution in [3.05, 3.63) is 71.8 Å². The first-order valence-corrected chi connectivity index (χ1v) is 9.09. The molecule has 0 amide bonds. The monoisotopic (exact) mass is 357 g/mol. The maximum absolute atomic E-state index is 10.8. The van der Waals surface area contributed by atoms with E-state index in [1.165, 1.54) is 0 Å². The summed E-state index contributed by atoms with van der Waals surface area (Å²) in [5.74, 6) is 0. The van der Waals surface area contributed by atoms with Crippen LogP contribution in [0.25, 0.3) is 0 Å². The summed E-state index contributed by atoms with van der Waals surface area (Å²) in [5, 5.41) is 30.8. The number of hydrogen-bond donors (Lipinski definition) is 3. The molecule has 0 bridgehead atoms. The minimum absolute atomic E-state index is 0.0193. The minimum atomic E-state index is -0.863. The van der Waals surface area contributed by atoms with Crippen LogP contribution < -0.4 is 0 Å². The van der Waals surface area contributed by atoms with Gasteiger partial charge in [0.05, 0.1) is 18.8 Å². The molecule has 4 atom stereocenters. The molecule has 1 heterocycles. The number of ether oxygens (including phenoxy) is 1. The maximum Gasteiger partial charge on any atom is 0.112 e. The Morgan fingerprint density at radius 1 is 0.923 bits per heavy atom. The number of aliphatic hydroxyl groups excluding tert-OH is 3. The molecule has 140 valence electrons. The van der Waals surface area contributed by atoms with E-state index >= 15 is 0 Å². The topological polar surface area (TPSA) is 73.2 Å². The van der Waals surface area contributed by atoms with E-state index in [1.54, 1.807) is 0 Å². The highest BCUT2D eigenvalue weighted by molar-refractivity contribution is 5.16. The predicted octanol–water partition coefficient (Wildman–Crippen LogP) is 1.56. The summed E-state index contributed by atoms with van der Waals surface area (Å²) in [6.07, 6.45) is -1.88. The summed E-state index contributed by atoms with van der Waals surface area (Å²) in [6.45, 7) is 1.33.